The first-order valence-electron chi connectivity index (χ1n) is 7.64. The molecule has 0 N–H and O–H groups in total. The fourth-order valence-electron chi connectivity index (χ4n) is 2.54. The molecule has 3 aromatic carbocycles. The maximum absolute atomic E-state index is 14.1. The molecule has 0 heterocycles. The molecule has 0 spiro atoms. The van der Waals surface area contributed by atoms with Gasteiger partial charge in [-0.05, 0) is 13.0 Å². The molecule has 0 saturated heterocycles. The average molecular weight is 353 g/mol. The van der Waals surface area contributed by atoms with Gasteiger partial charge in [0.25, 0.3) is 0 Å². The second-order valence-corrected chi connectivity index (χ2v) is 9.38. The smallest absolute Gasteiger partial charge is 0.132 e. The molecule has 0 aliphatic carbocycles. The molecule has 24 heavy (non-hydrogen) atoms. The van der Waals surface area contributed by atoms with Crippen LogP contribution in [-0.4, -0.2) is 5.71 Å². The summed E-state index contributed by atoms with van der Waals surface area (Å²) in [6.45, 7) is 1.82. The Bertz CT molecular complexity index is 864. The van der Waals surface area contributed by atoms with E-state index in [1.54, 1.807) is 12.1 Å². The minimum atomic E-state index is -2.41. The van der Waals surface area contributed by atoms with E-state index < -0.39 is 6.19 Å². The molecule has 0 fully saturated rings. The molecule has 0 aliphatic heterocycles. The zero-order valence-electron chi connectivity index (χ0n) is 13.3. The van der Waals surface area contributed by atoms with E-state index in [1.165, 1.54) is 6.07 Å². The molecular formula is C20H17FNPS. The number of benzene rings is 3. The van der Waals surface area contributed by atoms with Gasteiger partial charge in [-0.25, -0.2) is 9.15 Å². The summed E-state index contributed by atoms with van der Waals surface area (Å²) in [5.74, 6) is -0.276. The molecule has 0 aliphatic rings. The summed E-state index contributed by atoms with van der Waals surface area (Å²) >= 11 is 6.06. The van der Waals surface area contributed by atoms with Crippen molar-refractivity contribution >= 4 is 34.3 Å². The molecule has 0 bridgehead atoms. The predicted molar refractivity (Wildman–Crippen MR) is 105 cm³/mol. The molecule has 3 rings (SSSR count). The lowest BCUT2D eigenvalue weighted by Crippen LogP contribution is -2.15. The second-order valence-electron chi connectivity index (χ2n) is 5.41. The van der Waals surface area contributed by atoms with Gasteiger partial charge in [0.2, 0.25) is 0 Å². The van der Waals surface area contributed by atoms with Gasteiger partial charge in [0.1, 0.15) is 12.0 Å². The quantitative estimate of drug-likeness (QED) is 0.490. The minimum absolute atomic E-state index is 0.276. The Kier molecular flexibility index (Phi) is 5.03. The highest BCUT2D eigenvalue weighted by Gasteiger charge is 2.22. The predicted octanol–water partition coefficient (Wildman–Crippen LogP) is 4.68. The average Bonchev–Trinajstić information content (AvgIpc) is 2.63. The summed E-state index contributed by atoms with van der Waals surface area (Å²) in [6.07, 6.45) is -2.41. The van der Waals surface area contributed by atoms with Gasteiger partial charge in [0.05, 0.1) is 0 Å². The summed E-state index contributed by atoms with van der Waals surface area (Å²) in [7, 11) is 0. The van der Waals surface area contributed by atoms with Crippen LogP contribution in [0.3, 0.4) is 0 Å². The zero-order chi connectivity index (χ0) is 17.0. The van der Waals surface area contributed by atoms with Crippen molar-refractivity contribution in [1.82, 2.24) is 0 Å². The van der Waals surface area contributed by atoms with Gasteiger partial charge in [-0.15, -0.1) is 0 Å². The zero-order valence-corrected chi connectivity index (χ0v) is 15.0. The Labute approximate surface area is 147 Å². The molecule has 3 aromatic rings. The van der Waals surface area contributed by atoms with Crippen LogP contribution in [0.15, 0.2) is 89.7 Å². The first kappa shape index (κ1) is 16.8. The summed E-state index contributed by atoms with van der Waals surface area (Å²) in [5, 5.41) is 2.00. The number of nitrogens with zero attached hydrogens (tertiary/aromatic N) is 1. The van der Waals surface area contributed by atoms with Gasteiger partial charge in [-0.1, -0.05) is 90.7 Å². The maximum Gasteiger partial charge on any atom is 0.132 e. The third kappa shape index (κ3) is 3.38. The molecule has 0 unspecified atom stereocenters. The van der Waals surface area contributed by atoms with E-state index in [4.69, 9.17) is 16.6 Å². The van der Waals surface area contributed by atoms with Gasteiger partial charge in [0, 0.05) is 21.9 Å². The number of halogens is 1. The number of hydrogen-bond donors (Lipinski definition) is 0. The molecule has 4 heteroatoms. The van der Waals surface area contributed by atoms with Gasteiger partial charge >= 0.3 is 0 Å². The van der Waals surface area contributed by atoms with Crippen LogP contribution in [0.25, 0.3) is 0 Å². The third-order valence-corrected chi connectivity index (χ3v) is 7.85. The molecule has 0 amide bonds. The van der Waals surface area contributed by atoms with E-state index in [0.29, 0.717) is 11.3 Å². The van der Waals surface area contributed by atoms with E-state index in [2.05, 4.69) is 0 Å². The van der Waals surface area contributed by atoms with Crippen molar-refractivity contribution in [3.05, 3.63) is 96.3 Å². The van der Waals surface area contributed by atoms with Crippen LogP contribution >= 0.6 is 6.19 Å². The van der Waals surface area contributed by atoms with E-state index in [0.717, 1.165) is 10.6 Å². The van der Waals surface area contributed by atoms with Crippen molar-refractivity contribution in [3.8, 4) is 0 Å². The summed E-state index contributed by atoms with van der Waals surface area (Å²) in [4.78, 5) is 0. The van der Waals surface area contributed by atoms with Crippen molar-refractivity contribution in [2.45, 2.75) is 6.92 Å². The van der Waals surface area contributed by atoms with Crippen LogP contribution in [0, 0.1) is 5.82 Å². The van der Waals surface area contributed by atoms with Crippen molar-refractivity contribution in [1.29, 1.82) is 0 Å². The normalized spacial score (nSPS) is 12.2. The molecule has 120 valence electrons. The van der Waals surface area contributed by atoms with Gasteiger partial charge in [-0.2, -0.15) is 0 Å². The Morgan fingerprint density at radius 3 is 1.75 bits per heavy atom. The van der Waals surface area contributed by atoms with Crippen LogP contribution in [0.4, 0.5) is 4.39 Å². The van der Waals surface area contributed by atoms with E-state index in [-0.39, 0.29) is 5.82 Å². The standard InChI is InChI=1S/C20H17FNPS/c1-16(19-14-8-9-15-20(19)21)22-23(24,17-10-4-2-5-11-17)18-12-6-3-7-13-18/h2-15H,1H3/b22-16+. The van der Waals surface area contributed by atoms with Crippen LogP contribution in [-0.2, 0) is 11.8 Å². The van der Waals surface area contributed by atoms with Crippen molar-refractivity contribution in [2.75, 3.05) is 0 Å². The monoisotopic (exact) mass is 353 g/mol. The highest BCUT2D eigenvalue weighted by molar-refractivity contribution is 8.21. The van der Waals surface area contributed by atoms with E-state index >= 15 is 0 Å². The number of rotatable bonds is 4. The first-order valence-corrected chi connectivity index (χ1v) is 10.4. The Balaban J connectivity index is 2.19. The summed E-state index contributed by atoms with van der Waals surface area (Å²) in [5.41, 5.74) is 1.13. The Morgan fingerprint density at radius 1 is 0.792 bits per heavy atom. The lowest BCUT2D eigenvalue weighted by molar-refractivity contribution is 0.625. The Hall–Kier alpha value is -2.09. The van der Waals surface area contributed by atoms with Gasteiger partial charge in [-0.3, -0.25) is 0 Å². The molecule has 1 nitrogen and oxygen atoms in total. The van der Waals surface area contributed by atoms with E-state index in [1.807, 2.05) is 73.7 Å². The minimum Gasteiger partial charge on any atom is -0.247 e. The van der Waals surface area contributed by atoms with Crippen LogP contribution in [0.2, 0.25) is 0 Å². The largest absolute Gasteiger partial charge is 0.247 e. The topological polar surface area (TPSA) is 12.4 Å². The molecular weight excluding hydrogens is 336 g/mol. The van der Waals surface area contributed by atoms with Crippen LogP contribution in [0.1, 0.15) is 12.5 Å². The van der Waals surface area contributed by atoms with Crippen molar-refractivity contribution in [2.24, 2.45) is 4.76 Å². The van der Waals surface area contributed by atoms with Gasteiger partial charge in [0.15, 0.2) is 0 Å². The SMILES string of the molecule is C/C(=N\P(=S)(c1ccccc1)c1ccccc1)c1ccccc1F. The highest BCUT2D eigenvalue weighted by Crippen LogP contribution is 2.46. The van der Waals surface area contributed by atoms with Crippen LogP contribution in [0.5, 0.6) is 0 Å². The second kappa shape index (κ2) is 7.21. The molecule has 0 saturated carbocycles. The van der Waals surface area contributed by atoms with Crippen molar-refractivity contribution in [3.63, 3.8) is 0 Å². The van der Waals surface area contributed by atoms with Gasteiger partial charge < -0.3 is 0 Å². The highest BCUT2D eigenvalue weighted by atomic mass is 32.4. The molecule has 0 radical (unpaired) electrons. The third-order valence-electron chi connectivity index (χ3n) is 3.77. The lowest BCUT2D eigenvalue weighted by Gasteiger charge is -2.20. The summed E-state index contributed by atoms with van der Waals surface area (Å²) < 4.78 is 19.0. The first-order chi connectivity index (χ1) is 11.6. The Morgan fingerprint density at radius 2 is 1.25 bits per heavy atom. The molecule has 0 atom stereocenters. The van der Waals surface area contributed by atoms with Crippen LogP contribution < -0.4 is 10.6 Å². The fraction of sp³-hybridized carbons (Fsp3) is 0.0500. The maximum atomic E-state index is 14.1. The fourth-order valence-corrected chi connectivity index (χ4v) is 5.85. The van der Waals surface area contributed by atoms with Crippen molar-refractivity contribution < 1.29 is 4.39 Å². The number of hydrogen-bond acceptors (Lipinski definition) is 1. The molecule has 0 aromatic heterocycles. The summed E-state index contributed by atoms with van der Waals surface area (Å²) in [6, 6.07) is 26.5. The lowest BCUT2D eigenvalue weighted by atomic mass is 10.1. The van der Waals surface area contributed by atoms with E-state index in [9.17, 15) is 4.39 Å².